The van der Waals surface area contributed by atoms with Crippen molar-refractivity contribution in [2.45, 2.75) is 38.0 Å². The first-order valence-corrected chi connectivity index (χ1v) is 9.84. The minimum absolute atomic E-state index is 0.0431. The van der Waals surface area contributed by atoms with Gasteiger partial charge in [0.15, 0.2) is 0 Å². The maximum atomic E-state index is 13.7. The van der Waals surface area contributed by atoms with Gasteiger partial charge in [-0.3, -0.25) is 4.79 Å². The van der Waals surface area contributed by atoms with Crippen LogP contribution in [0.3, 0.4) is 0 Å². The van der Waals surface area contributed by atoms with E-state index in [-0.39, 0.29) is 17.6 Å². The topological polar surface area (TPSA) is 38.1 Å². The predicted molar refractivity (Wildman–Crippen MR) is 109 cm³/mol. The molecule has 5 heteroatoms. The predicted octanol–water partition coefficient (Wildman–Crippen LogP) is 4.40. The number of aromatic nitrogens is 2. The van der Waals surface area contributed by atoms with E-state index in [0.717, 1.165) is 36.2 Å². The summed E-state index contributed by atoms with van der Waals surface area (Å²) < 4.78 is 15.8. The summed E-state index contributed by atoms with van der Waals surface area (Å²) in [5, 5.41) is 0. The number of carbonyl (C=O) groups excluding carboxylic acids is 1. The molecule has 0 aliphatic carbocycles. The van der Waals surface area contributed by atoms with Crippen LogP contribution in [0.25, 0.3) is 11.0 Å². The van der Waals surface area contributed by atoms with Crippen LogP contribution < -0.4 is 0 Å². The molecular weight excluding hydrogens is 353 g/mol. The molecule has 1 unspecified atom stereocenters. The summed E-state index contributed by atoms with van der Waals surface area (Å²) in [6, 6.07) is 14.5. The third-order valence-electron chi connectivity index (χ3n) is 5.98. The minimum atomic E-state index is -0.768. The van der Waals surface area contributed by atoms with E-state index in [0.29, 0.717) is 12.1 Å². The van der Waals surface area contributed by atoms with E-state index >= 15 is 0 Å². The van der Waals surface area contributed by atoms with Crippen molar-refractivity contribution in [2.24, 2.45) is 7.05 Å². The molecule has 3 aromatic rings. The Kier molecular flexibility index (Phi) is 4.69. The highest BCUT2D eigenvalue weighted by molar-refractivity contribution is 5.87. The standard InChI is InChI=1S/C23H26FN3O/c1-23(2,17-9-6-10-18(24)14-17)22(28)27-13-7-8-16(15-27)21-25-19-11-4-5-12-20(19)26(21)3/h4-6,9-12,14,16H,7-8,13,15H2,1-3H3. The number of halogens is 1. The quantitative estimate of drug-likeness (QED) is 0.677. The van der Waals surface area contributed by atoms with Gasteiger partial charge in [-0.1, -0.05) is 24.3 Å². The Labute approximate surface area is 165 Å². The van der Waals surface area contributed by atoms with Gasteiger partial charge < -0.3 is 9.47 Å². The lowest BCUT2D eigenvalue weighted by molar-refractivity contribution is -0.137. The SMILES string of the molecule is Cn1c(C2CCCN(C(=O)C(C)(C)c3cccc(F)c3)C2)nc2ccccc21. The largest absolute Gasteiger partial charge is 0.341 e. The first-order chi connectivity index (χ1) is 13.4. The molecule has 28 heavy (non-hydrogen) atoms. The molecule has 1 aliphatic heterocycles. The van der Waals surface area contributed by atoms with Crippen LogP contribution in [0.15, 0.2) is 48.5 Å². The summed E-state index contributed by atoms with van der Waals surface area (Å²) in [5.41, 5.74) is 2.04. The number of nitrogens with zero attached hydrogens (tertiary/aromatic N) is 3. The summed E-state index contributed by atoms with van der Waals surface area (Å²) in [6.07, 6.45) is 1.96. The molecule has 1 amide bonds. The lowest BCUT2D eigenvalue weighted by Gasteiger charge is -2.37. The van der Waals surface area contributed by atoms with E-state index in [2.05, 4.69) is 10.6 Å². The Hall–Kier alpha value is -2.69. The first-order valence-electron chi connectivity index (χ1n) is 9.84. The maximum Gasteiger partial charge on any atom is 0.232 e. The molecule has 1 saturated heterocycles. The van der Waals surface area contributed by atoms with Gasteiger partial charge in [-0.2, -0.15) is 0 Å². The zero-order valence-corrected chi connectivity index (χ0v) is 16.7. The number of aryl methyl sites for hydroxylation is 1. The number of fused-ring (bicyclic) bond motifs is 1. The van der Waals surface area contributed by atoms with Crippen LogP contribution in [-0.4, -0.2) is 33.4 Å². The van der Waals surface area contributed by atoms with E-state index in [4.69, 9.17) is 4.98 Å². The van der Waals surface area contributed by atoms with Crippen LogP contribution in [0.5, 0.6) is 0 Å². The average Bonchev–Trinajstić information content (AvgIpc) is 3.04. The molecule has 1 aliphatic rings. The van der Waals surface area contributed by atoms with Gasteiger partial charge in [0.25, 0.3) is 0 Å². The number of hydrogen-bond acceptors (Lipinski definition) is 2. The molecule has 0 spiro atoms. The van der Waals surface area contributed by atoms with Crippen LogP contribution in [0, 0.1) is 5.82 Å². The van der Waals surface area contributed by atoms with E-state index in [9.17, 15) is 9.18 Å². The number of carbonyl (C=O) groups is 1. The van der Waals surface area contributed by atoms with E-state index in [1.165, 1.54) is 12.1 Å². The van der Waals surface area contributed by atoms with Crippen molar-refractivity contribution in [2.75, 3.05) is 13.1 Å². The van der Waals surface area contributed by atoms with Crippen LogP contribution in [0.1, 0.15) is 44.0 Å². The molecule has 0 bridgehead atoms. The Bertz CT molecular complexity index is 1020. The second-order valence-electron chi connectivity index (χ2n) is 8.24. The number of amides is 1. The van der Waals surface area contributed by atoms with Gasteiger partial charge in [0.1, 0.15) is 11.6 Å². The third-order valence-corrected chi connectivity index (χ3v) is 5.98. The van der Waals surface area contributed by atoms with Gasteiger partial charge >= 0.3 is 0 Å². The molecule has 4 nitrogen and oxygen atoms in total. The molecule has 2 heterocycles. The second-order valence-corrected chi connectivity index (χ2v) is 8.24. The smallest absolute Gasteiger partial charge is 0.232 e. The summed E-state index contributed by atoms with van der Waals surface area (Å²) in [6.45, 7) is 5.14. The van der Waals surface area contributed by atoms with Gasteiger partial charge in [-0.15, -0.1) is 0 Å². The fourth-order valence-electron chi connectivity index (χ4n) is 4.30. The molecule has 1 aromatic heterocycles. The van der Waals surface area contributed by atoms with Crippen molar-refractivity contribution in [1.82, 2.24) is 14.5 Å². The zero-order valence-electron chi connectivity index (χ0n) is 16.7. The number of piperidine rings is 1. The fraction of sp³-hybridized carbons (Fsp3) is 0.391. The monoisotopic (exact) mass is 379 g/mol. The molecule has 0 N–H and O–H groups in total. The number of hydrogen-bond donors (Lipinski definition) is 0. The van der Waals surface area contributed by atoms with Crippen LogP contribution in [0.2, 0.25) is 0 Å². The van der Waals surface area contributed by atoms with Crippen molar-refractivity contribution >= 4 is 16.9 Å². The van der Waals surface area contributed by atoms with Crippen molar-refractivity contribution in [3.63, 3.8) is 0 Å². The van der Waals surface area contributed by atoms with Gasteiger partial charge in [0, 0.05) is 26.1 Å². The van der Waals surface area contributed by atoms with Crippen LogP contribution >= 0.6 is 0 Å². The van der Waals surface area contributed by atoms with Gasteiger partial charge in [-0.25, -0.2) is 9.37 Å². The van der Waals surface area contributed by atoms with Crippen LogP contribution in [-0.2, 0) is 17.3 Å². The highest BCUT2D eigenvalue weighted by Crippen LogP contribution is 2.32. The highest BCUT2D eigenvalue weighted by atomic mass is 19.1. The molecular formula is C23H26FN3O. The average molecular weight is 379 g/mol. The van der Waals surface area contributed by atoms with Gasteiger partial charge in [-0.05, 0) is 56.5 Å². The lowest BCUT2D eigenvalue weighted by atomic mass is 9.82. The Morgan fingerprint density at radius 3 is 2.71 bits per heavy atom. The van der Waals surface area contributed by atoms with Crippen LogP contribution in [0.4, 0.5) is 4.39 Å². The highest BCUT2D eigenvalue weighted by Gasteiger charge is 2.37. The van der Waals surface area contributed by atoms with Gasteiger partial charge in [0.2, 0.25) is 5.91 Å². The summed E-state index contributed by atoms with van der Waals surface area (Å²) in [4.78, 5) is 20.1. The molecule has 0 radical (unpaired) electrons. The number of rotatable bonds is 3. The van der Waals surface area contributed by atoms with E-state index in [1.54, 1.807) is 6.07 Å². The van der Waals surface area contributed by atoms with Crippen molar-refractivity contribution in [1.29, 1.82) is 0 Å². The maximum absolute atomic E-state index is 13.7. The Balaban J connectivity index is 1.59. The number of imidazole rings is 1. The summed E-state index contributed by atoms with van der Waals surface area (Å²) in [7, 11) is 2.04. The normalized spacial score (nSPS) is 17.9. The fourth-order valence-corrected chi connectivity index (χ4v) is 4.30. The third kappa shape index (κ3) is 3.19. The lowest BCUT2D eigenvalue weighted by Crippen LogP contribution is -2.47. The van der Waals surface area contributed by atoms with Crippen molar-refractivity contribution in [3.05, 3.63) is 65.7 Å². The zero-order chi connectivity index (χ0) is 19.9. The Morgan fingerprint density at radius 2 is 1.96 bits per heavy atom. The molecule has 2 aromatic carbocycles. The second kappa shape index (κ2) is 7.04. The molecule has 0 saturated carbocycles. The number of benzene rings is 2. The minimum Gasteiger partial charge on any atom is -0.341 e. The molecule has 1 fully saturated rings. The molecule has 4 rings (SSSR count). The summed E-state index contributed by atoms with van der Waals surface area (Å²) >= 11 is 0. The van der Waals surface area contributed by atoms with Gasteiger partial charge in [0.05, 0.1) is 16.4 Å². The number of para-hydroxylation sites is 2. The van der Waals surface area contributed by atoms with E-state index < -0.39 is 5.41 Å². The molecule has 1 atom stereocenters. The van der Waals surface area contributed by atoms with Crippen molar-refractivity contribution in [3.8, 4) is 0 Å². The number of likely N-dealkylation sites (tertiary alicyclic amines) is 1. The van der Waals surface area contributed by atoms with Crippen molar-refractivity contribution < 1.29 is 9.18 Å². The summed E-state index contributed by atoms with van der Waals surface area (Å²) in [5.74, 6) is 0.969. The van der Waals surface area contributed by atoms with E-state index in [1.807, 2.05) is 50.1 Å². The molecule has 146 valence electrons. The first kappa shape index (κ1) is 18.7. The Morgan fingerprint density at radius 1 is 1.18 bits per heavy atom.